The van der Waals surface area contributed by atoms with Crippen molar-refractivity contribution in [2.45, 2.75) is 140 Å². The van der Waals surface area contributed by atoms with Crippen molar-refractivity contribution >= 4 is 5.78 Å². The maximum absolute atomic E-state index is 13.0. The van der Waals surface area contributed by atoms with Crippen molar-refractivity contribution < 1.29 is 37.0 Å². The lowest BCUT2D eigenvalue weighted by Gasteiger charge is -2.56. The highest BCUT2D eigenvalue weighted by Crippen LogP contribution is 2.70. The SMILES string of the molecule is CN(CCCCCCCCC(F)(F)C(F)(F)F)CCCCC[C@H]1C[C@@]2(C)C(C[C@H]3CC(=O)C[C@]32O)C2CCc3cc(O)ccc3C21. The van der Waals surface area contributed by atoms with Crippen LogP contribution in [0.1, 0.15) is 127 Å². The zero-order chi connectivity index (χ0) is 33.3. The topological polar surface area (TPSA) is 60.8 Å². The number of hydrogen-bond acceptors (Lipinski definition) is 4. The zero-order valence-electron chi connectivity index (χ0n) is 27.7. The van der Waals surface area contributed by atoms with Crippen LogP contribution in [-0.2, 0) is 11.2 Å². The van der Waals surface area contributed by atoms with Crippen molar-refractivity contribution in [2.75, 3.05) is 20.1 Å². The van der Waals surface area contributed by atoms with Gasteiger partial charge in [0, 0.05) is 24.7 Å². The fraction of sp³-hybridized carbons (Fsp3) is 0.811. The summed E-state index contributed by atoms with van der Waals surface area (Å²) >= 11 is 0. The minimum Gasteiger partial charge on any atom is -0.508 e. The molecule has 0 aromatic heterocycles. The summed E-state index contributed by atoms with van der Waals surface area (Å²) in [4.78, 5) is 14.8. The number of hydrogen-bond donors (Lipinski definition) is 2. The number of phenols is 1. The third kappa shape index (κ3) is 7.16. The fourth-order valence-electron chi connectivity index (χ4n) is 10.3. The molecule has 2 N–H and O–H groups in total. The number of unbranched alkanes of at least 4 members (excludes halogenated alkanes) is 7. The second-order valence-corrected chi connectivity index (χ2v) is 15.6. The van der Waals surface area contributed by atoms with E-state index in [-0.39, 0.29) is 23.5 Å². The number of aliphatic hydroxyl groups is 1. The van der Waals surface area contributed by atoms with E-state index >= 15 is 0 Å². The predicted octanol–water partition coefficient (Wildman–Crippen LogP) is 9.21. The van der Waals surface area contributed by atoms with E-state index in [4.69, 9.17) is 0 Å². The monoisotopic (exact) mass is 655 g/mol. The minimum absolute atomic E-state index is 0.0856. The van der Waals surface area contributed by atoms with Gasteiger partial charge in [-0.3, -0.25) is 4.79 Å². The largest absolute Gasteiger partial charge is 0.508 e. The van der Waals surface area contributed by atoms with E-state index in [1.807, 2.05) is 12.1 Å². The van der Waals surface area contributed by atoms with Gasteiger partial charge in [-0.15, -0.1) is 0 Å². The minimum atomic E-state index is -5.45. The van der Waals surface area contributed by atoms with Crippen LogP contribution in [-0.4, -0.2) is 58.7 Å². The lowest BCUT2D eigenvalue weighted by molar-refractivity contribution is -0.284. The molecular weight excluding hydrogens is 601 g/mol. The first kappa shape index (κ1) is 35.6. The van der Waals surface area contributed by atoms with Crippen molar-refractivity contribution in [3.63, 3.8) is 0 Å². The molecule has 3 unspecified atom stereocenters. The maximum Gasteiger partial charge on any atom is 0.453 e. The summed E-state index contributed by atoms with van der Waals surface area (Å²) in [6, 6.07) is 5.92. The zero-order valence-corrected chi connectivity index (χ0v) is 27.7. The Kier molecular flexibility index (Phi) is 10.8. The molecule has 1 aromatic carbocycles. The Morgan fingerprint density at radius 2 is 1.61 bits per heavy atom. The summed E-state index contributed by atoms with van der Waals surface area (Å²) in [5, 5.41) is 22.2. The van der Waals surface area contributed by atoms with Crippen molar-refractivity contribution in [2.24, 2.45) is 29.1 Å². The van der Waals surface area contributed by atoms with Crippen LogP contribution in [0.5, 0.6) is 5.75 Å². The number of carbonyl (C=O) groups excluding carboxylic acids is 1. The molecule has 46 heavy (non-hydrogen) atoms. The van der Waals surface area contributed by atoms with Gasteiger partial charge in [-0.1, -0.05) is 51.5 Å². The second kappa shape index (κ2) is 14.0. The van der Waals surface area contributed by atoms with E-state index in [0.717, 1.165) is 83.7 Å². The van der Waals surface area contributed by atoms with Gasteiger partial charge in [0.1, 0.15) is 11.5 Å². The van der Waals surface area contributed by atoms with E-state index in [1.165, 1.54) is 11.1 Å². The number of halogens is 5. The van der Waals surface area contributed by atoms with Gasteiger partial charge in [-0.2, -0.15) is 22.0 Å². The van der Waals surface area contributed by atoms with Crippen molar-refractivity contribution in [3.8, 4) is 5.75 Å². The number of ketones is 1. The van der Waals surface area contributed by atoms with Crippen molar-refractivity contribution in [1.82, 2.24) is 4.90 Å². The van der Waals surface area contributed by atoms with Crippen LogP contribution in [0.15, 0.2) is 18.2 Å². The van der Waals surface area contributed by atoms with Gasteiger partial charge in [0.25, 0.3) is 0 Å². The van der Waals surface area contributed by atoms with E-state index in [1.54, 1.807) is 0 Å². The average molecular weight is 656 g/mol. The molecule has 0 aliphatic heterocycles. The molecule has 260 valence electrons. The third-order valence-electron chi connectivity index (χ3n) is 12.7. The van der Waals surface area contributed by atoms with Crippen LogP contribution in [0, 0.1) is 29.1 Å². The number of Topliss-reactive ketones (excluding diaryl/α,β-unsaturated/α-hetero) is 1. The van der Waals surface area contributed by atoms with Gasteiger partial charge in [0.05, 0.1) is 5.60 Å². The second-order valence-electron chi connectivity index (χ2n) is 15.6. The van der Waals surface area contributed by atoms with Gasteiger partial charge in [0.2, 0.25) is 0 Å². The predicted molar refractivity (Wildman–Crippen MR) is 169 cm³/mol. The highest BCUT2D eigenvalue weighted by Gasteiger charge is 2.69. The van der Waals surface area contributed by atoms with Gasteiger partial charge < -0.3 is 15.1 Å². The number of alkyl halides is 5. The number of nitrogens with zero attached hydrogens (tertiary/aromatic N) is 1. The first-order chi connectivity index (χ1) is 21.7. The summed E-state index contributed by atoms with van der Waals surface area (Å²) in [5.74, 6) is -2.16. The Hall–Kier alpha value is -1.74. The van der Waals surface area contributed by atoms with E-state index < -0.39 is 24.1 Å². The molecule has 0 saturated heterocycles. The molecule has 4 nitrogen and oxygen atoms in total. The first-order valence-corrected chi connectivity index (χ1v) is 17.9. The Labute approximate surface area is 271 Å². The molecule has 0 amide bonds. The maximum atomic E-state index is 13.0. The summed E-state index contributed by atoms with van der Waals surface area (Å²) in [7, 11) is 2.11. The summed E-state index contributed by atoms with van der Waals surface area (Å²) in [5.41, 5.74) is 1.54. The van der Waals surface area contributed by atoms with E-state index in [0.29, 0.717) is 55.1 Å². The van der Waals surface area contributed by atoms with Gasteiger partial charge in [-0.05, 0) is 124 Å². The lowest BCUT2D eigenvalue weighted by atomic mass is 9.49. The Balaban J connectivity index is 1.06. The Morgan fingerprint density at radius 1 is 0.957 bits per heavy atom. The molecule has 7 atom stereocenters. The average Bonchev–Trinajstić information content (AvgIpc) is 3.38. The Morgan fingerprint density at radius 3 is 2.30 bits per heavy atom. The van der Waals surface area contributed by atoms with Crippen LogP contribution in [0.25, 0.3) is 0 Å². The van der Waals surface area contributed by atoms with Crippen molar-refractivity contribution in [3.05, 3.63) is 29.3 Å². The van der Waals surface area contributed by atoms with Crippen LogP contribution < -0.4 is 0 Å². The first-order valence-electron chi connectivity index (χ1n) is 17.9. The van der Waals surface area contributed by atoms with Crippen LogP contribution in [0.2, 0.25) is 0 Å². The molecular formula is C37H54F5NO3. The Bertz CT molecular complexity index is 1210. The van der Waals surface area contributed by atoms with Crippen LogP contribution in [0.3, 0.4) is 0 Å². The molecule has 9 heteroatoms. The van der Waals surface area contributed by atoms with Crippen molar-refractivity contribution in [1.29, 1.82) is 0 Å². The van der Waals surface area contributed by atoms with E-state index in [2.05, 4.69) is 24.9 Å². The fourth-order valence-corrected chi connectivity index (χ4v) is 10.3. The standard InChI is InChI=1S/C37H54F5NO3/c1-34-23-26(12-8-7-11-19-43(2)18-10-6-4-3-5-9-17-36(38,39)37(40,41)42)33-30-16-14-28(44)20-25(30)13-15-31(33)32(34)22-27-21-29(45)24-35(27,34)46/h14,16,20,26-27,31-33,44,46H,3-13,15,17-19,21-24H2,1-2H3/t26-,27+,31?,32?,33?,34-,35-/m0/s1. The smallest absolute Gasteiger partial charge is 0.453 e. The molecule has 0 spiro atoms. The van der Waals surface area contributed by atoms with Gasteiger partial charge in [0.15, 0.2) is 0 Å². The third-order valence-corrected chi connectivity index (χ3v) is 12.7. The molecule has 4 aliphatic carbocycles. The molecule has 0 radical (unpaired) electrons. The number of aryl methyl sites for hydroxylation is 1. The van der Waals surface area contributed by atoms with Crippen LogP contribution >= 0.6 is 0 Å². The normalized spacial score (nSPS) is 32.4. The summed E-state index contributed by atoms with van der Waals surface area (Å²) < 4.78 is 62.8. The van der Waals surface area contributed by atoms with Crippen LogP contribution in [0.4, 0.5) is 22.0 Å². The number of carbonyl (C=O) groups is 1. The number of benzene rings is 1. The molecule has 3 saturated carbocycles. The summed E-state index contributed by atoms with van der Waals surface area (Å²) in [6.45, 7) is 4.22. The quantitative estimate of drug-likeness (QED) is 0.146. The molecule has 4 aliphatic rings. The number of fused-ring (bicyclic) bond motifs is 7. The van der Waals surface area contributed by atoms with Gasteiger partial charge >= 0.3 is 12.1 Å². The molecule has 0 heterocycles. The highest BCUT2D eigenvalue weighted by molar-refractivity contribution is 5.83. The lowest BCUT2D eigenvalue weighted by Crippen LogP contribution is -2.54. The molecule has 3 fully saturated rings. The number of aromatic hydroxyl groups is 1. The van der Waals surface area contributed by atoms with Gasteiger partial charge in [-0.25, -0.2) is 0 Å². The molecule has 1 aromatic rings. The summed E-state index contributed by atoms with van der Waals surface area (Å²) in [6.07, 6.45) is 6.37. The number of rotatable bonds is 15. The highest BCUT2D eigenvalue weighted by atomic mass is 19.4. The van der Waals surface area contributed by atoms with E-state index in [9.17, 15) is 37.0 Å². The molecule has 5 rings (SSSR count). The molecule has 0 bridgehead atoms. The number of phenolic OH excluding ortho intramolecular Hbond substituents is 1.